The molecule has 0 radical (unpaired) electrons. The first-order chi connectivity index (χ1) is 16.7. The van der Waals surface area contributed by atoms with Crippen molar-refractivity contribution in [1.82, 2.24) is 24.6 Å². The van der Waals surface area contributed by atoms with Crippen molar-refractivity contribution < 1.29 is 4.79 Å². The minimum absolute atomic E-state index is 0. The van der Waals surface area contributed by atoms with Gasteiger partial charge in [0.25, 0.3) is 5.56 Å². The molecule has 8 nitrogen and oxygen atoms in total. The lowest BCUT2D eigenvalue weighted by atomic mass is 10.1. The topological polar surface area (TPSA) is 95.9 Å². The van der Waals surface area contributed by atoms with Gasteiger partial charge in [-0.15, -0.1) is 12.4 Å². The molecule has 0 aliphatic carbocycles. The van der Waals surface area contributed by atoms with Gasteiger partial charge in [-0.25, -0.2) is 9.67 Å². The highest BCUT2D eigenvalue weighted by Gasteiger charge is 2.21. The van der Waals surface area contributed by atoms with Crippen molar-refractivity contribution >= 4 is 69.8 Å². The number of aromatic nitrogens is 4. The predicted molar refractivity (Wildman–Crippen MR) is 148 cm³/mol. The summed E-state index contributed by atoms with van der Waals surface area (Å²) >= 11 is 18.9. The van der Waals surface area contributed by atoms with Gasteiger partial charge in [-0.1, -0.05) is 53.9 Å². The van der Waals surface area contributed by atoms with Gasteiger partial charge in [0.1, 0.15) is 16.9 Å². The summed E-state index contributed by atoms with van der Waals surface area (Å²) in [5.41, 5.74) is 2.66. The number of carbonyl (C=O) groups excluding carboxylic acids is 1. The summed E-state index contributed by atoms with van der Waals surface area (Å²) in [4.78, 5) is 34.3. The van der Waals surface area contributed by atoms with Gasteiger partial charge in [-0.2, -0.15) is 5.10 Å². The second-order valence-corrected chi connectivity index (χ2v) is 9.55. The fourth-order valence-electron chi connectivity index (χ4n) is 3.75. The van der Waals surface area contributed by atoms with E-state index in [1.807, 2.05) is 45.3 Å². The lowest BCUT2D eigenvalue weighted by Gasteiger charge is -2.11. The number of aryl methyl sites for hydroxylation is 1. The Morgan fingerprint density at radius 3 is 2.33 bits per heavy atom. The van der Waals surface area contributed by atoms with Crippen LogP contribution in [-0.4, -0.2) is 51.2 Å². The molecule has 0 saturated carbocycles. The van der Waals surface area contributed by atoms with Gasteiger partial charge < -0.3 is 15.2 Å². The molecule has 0 bridgehead atoms. The van der Waals surface area contributed by atoms with E-state index < -0.39 is 0 Å². The van der Waals surface area contributed by atoms with E-state index >= 15 is 0 Å². The zero-order chi connectivity index (χ0) is 25.3. The third-order valence-corrected chi connectivity index (χ3v) is 6.05. The number of carbonyl (C=O) groups is 1. The monoisotopic (exact) mass is 568 g/mol. The van der Waals surface area contributed by atoms with Crippen molar-refractivity contribution in [2.75, 3.05) is 26.0 Å². The number of anilines is 1. The number of halogens is 4. The van der Waals surface area contributed by atoms with E-state index in [9.17, 15) is 9.59 Å². The standard InChI is InChI=1S/C24H23Cl3N6O2.ClH/c1-4-18-21-23(33(31-18)22-16(26)10-14(25)11-17(22)27)29-19(30-24(21)35)9-13-5-7-15(8-6-13)28-20(34)12-32(2)3;/h5-8,10-11H,4,9,12H2,1-3H3,(H,28,34)(H,29,30,35);1H. The average Bonchev–Trinajstić information content (AvgIpc) is 3.12. The fourth-order valence-corrected chi connectivity index (χ4v) is 4.73. The van der Waals surface area contributed by atoms with Crippen molar-refractivity contribution in [3.8, 4) is 5.69 Å². The Morgan fingerprint density at radius 2 is 1.75 bits per heavy atom. The van der Waals surface area contributed by atoms with Crippen LogP contribution in [0.3, 0.4) is 0 Å². The summed E-state index contributed by atoms with van der Waals surface area (Å²) in [7, 11) is 3.66. The zero-order valence-corrected chi connectivity index (χ0v) is 22.8. The third-order valence-electron chi connectivity index (χ3n) is 5.26. The SMILES string of the molecule is CCc1nn(-c2c(Cl)cc(Cl)cc2Cl)c2nc(Cc3ccc(NC(=O)CN(C)C)cc3)[nH]c(=O)c12.Cl. The molecular formula is C24H24Cl4N6O2. The summed E-state index contributed by atoms with van der Waals surface area (Å²) in [5, 5.41) is 8.79. The van der Waals surface area contributed by atoms with Crippen LogP contribution in [0.1, 0.15) is 24.0 Å². The lowest BCUT2D eigenvalue weighted by molar-refractivity contribution is -0.116. The van der Waals surface area contributed by atoms with Crippen molar-refractivity contribution in [3.63, 3.8) is 0 Å². The molecule has 36 heavy (non-hydrogen) atoms. The van der Waals surface area contributed by atoms with Crippen LogP contribution < -0.4 is 10.9 Å². The first kappa shape index (κ1) is 28.0. The number of rotatable bonds is 7. The molecule has 2 aromatic heterocycles. The van der Waals surface area contributed by atoms with Crippen LogP contribution in [0.25, 0.3) is 16.7 Å². The summed E-state index contributed by atoms with van der Waals surface area (Å²) in [6, 6.07) is 10.5. The van der Waals surface area contributed by atoms with E-state index in [-0.39, 0.29) is 23.9 Å². The molecule has 0 atom stereocenters. The fraction of sp³-hybridized carbons (Fsp3) is 0.250. The highest BCUT2D eigenvalue weighted by Crippen LogP contribution is 2.33. The third kappa shape index (κ3) is 6.02. The molecule has 2 aromatic carbocycles. The highest BCUT2D eigenvalue weighted by molar-refractivity contribution is 6.40. The second kappa shape index (κ2) is 11.6. The van der Waals surface area contributed by atoms with Gasteiger partial charge in [0.05, 0.1) is 22.3 Å². The molecule has 0 saturated heterocycles. The van der Waals surface area contributed by atoms with Crippen molar-refractivity contribution in [1.29, 1.82) is 0 Å². The molecule has 190 valence electrons. The number of nitrogens with one attached hydrogen (secondary N) is 2. The first-order valence-electron chi connectivity index (χ1n) is 10.9. The van der Waals surface area contributed by atoms with Crippen molar-refractivity contribution in [2.45, 2.75) is 19.8 Å². The van der Waals surface area contributed by atoms with E-state index in [2.05, 4.69) is 15.4 Å². The molecule has 2 heterocycles. The molecule has 0 aliphatic heterocycles. The number of fused-ring (bicyclic) bond motifs is 1. The van der Waals surface area contributed by atoms with Gasteiger partial charge in [0, 0.05) is 17.1 Å². The quantitative estimate of drug-likeness (QED) is 0.321. The Labute approximate surface area is 229 Å². The molecule has 4 aromatic rings. The summed E-state index contributed by atoms with van der Waals surface area (Å²) in [6.45, 7) is 2.20. The number of hydrogen-bond donors (Lipinski definition) is 2. The van der Waals surface area contributed by atoms with Gasteiger partial charge in [0.15, 0.2) is 5.65 Å². The second-order valence-electron chi connectivity index (χ2n) is 8.30. The Hall–Kier alpha value is -2.62. The number of aromatic amines is 1. The highest BCUT2D eigenvalue weighted by atomic mass is 35.5. The van der Waals surface area contributed by atoms with Crippen LogP contribution >= 0.6 is 47.2 Å². The Kier molecular flexibility index (Phi) is 9.03. The maximum atomic E-state index is 13.0. The number of hydrogen-bond acceptors (Lipinski definition) is 5. The molecule has 0 unspecified atom stereocenters. The minimum Gasteiger partial charge on any atom is -0.325 e. The molecule has 12 heteroatoms. The average molecular weight is 570 g/mol. The first-order valence-corrected chi connectivity index (χ1v) is 12.0. The van der Waals surface area contributed by atoms with Crippen LogP contribution in [0.5, 0.6) is 0 Å². The van der Waals surface area contributed by atoms with Crippen LogP contribution in [0.15, 0.2) is 41.2 Å². The van der Waals surface area contributed by atoms with Crippen molar-refractivity contribution in [2.24, 2.45) is 0 Å². The summed E-state index contributed by atoms with van der Waals surface area (Å²) < 4.78 is 1.50. The molecule has 4 rings (SSSR count). The van der Waals surface area contributed by atoms with E-state index in [0.29, 0.717) is 68.4 Å². The summed E-state index contributed by atoms with van der Waals surface area (Å²) in [6.07, 6.45) is 0.892. The maximum absolute atomic E-state index is 13.0. The van der Waals surface area contributed by atoms with E-state index in [0.717, 1.165) is 5.56 Å². The number of benzene rings is 2. The van der Waals surface area contributed by atoms with E-state index in [1.54, 1.807) is 17.0 Å². The smallest absolute Gasteiger partial charge is 0.262 e. The van der Waals surface area contributed by atoms with Crippen LogP contribution in [0.2, 0.25) is 15.1 Å². The summed E-state index contributed by atoms with van der Waals surface area (Å²) in [5.74, 6) is 0.357. The molecule has 2 N–H and O–H groups in total. The number of nitrogens with zero attached hydrogens (tertiary/aromatic N) is 4. The van der Waals surface area contributed by atoms with Crippen molar-refractivity contribution in [3.05, 3.63) is 78.9 Å². The Bertz CT molecular complexity index is 1440. The molecule has 0 fully saturated rings. The normalized spacial score (nSPS) is 11.1. The lowest BCUT2D eigenvalue weighted by Crippen LogP contribution is -2.27. The van der Waals surface area contributed by atoms with Gasteiger partial charge in [0.2, 0.25) is 5.91 Å². The molecule has 0 spiro atoms. The van der Waals surface area contributed by atoms with Crippen LogP contribution in [0, 0.1) is 0 Å². The predicted octanol–water partition coefficient (Wildman–Crippen LogP) is 5.14. The molecular weight excluding hydrogens is 546 g/mol. The maximum Gasteiger partial charge on any atom is 0.262 e. The number of likely N-dealkylation sites (N-methyl/N-ethyl adjacent to an activating group) is 1. The van der Waals surface area contributed by atoms with Gasteiger partial charge in [-0.05, 0) is 50.3 Å². The van der Waals surface area contributed by atoms with Gasteiger partial charge >= 0.3 is 0 Å². The van der Waals surface area contributed by atoms with Crippen LogP contribution in [-0.2, 0) is 17.6 Å². The Morgan fingerprint density at radius 1 is 1.11 bits per heavy atom. The van der Waals surface area contributed by atoms with Crippen LogP contribution in [0.4, 0.5) is 5.69 Å². The van der Waals surface area contributed by atoms with E-state index in [4.69, 9.17) is 39.8 Å². The number of amides is 1. The number of H-pyrrole nitrogens is 1. The minimum atomic E-state index is -0.290. The zero-order valence-electron chi connectivity index (χ0n) is 19.7. The van der Waals surface area contributed by atoms with E-state index in [1.165, 1.54) is 4.68 Å². The molecule has 0 aliphatic rings. The van der Waals surface area contributed by atoms with Gasteiger partial charge in [-0.3, -0.25) is 9.59 Å². The molecule has 1 amide bonds. The Balaban J connectivity index is 0.00000361. The largest absolute Gasteiger partial charge is 0.325 e.